The Hall–Kier alpha value is -2.05. The molecule has 0 aliphatic heterocycles. The molecule has 2 aromatic carbocycles. The quantitative estimate of drug-likeness (QED) is 0.851. The number of carbonyl (C=O) groups excluding carboxylic acids is 1. The fraction of sp³-hybridized carbons (Fsp3) is 0.278. The van der Waals surface area contributed by atoms with Crippen LogP contribution in [0.15, 0.2) is 41.3 Å². The van der Waals surface area contributed by atoms with Crippen LogP contribution in [-0.4, -0.2) is 20.7 Å². The molecule has 0 aromatic heterocycles. The number of aryl methyl sites for hydroxylation is 2. The number of halogens is 1. The Morgan fingerprint density at radius 3 is 2.68 bits per heavy atom. The van der Waals surface area contributed by atoms with E-state index in [9.17, 15) is 13.2 Å². The lowest BCUT2D eigenvalue weighted by Crippen LogP contribution is -2.31. The van der Waals surface area contributed by atoms with Gasteiger partial charge < -0.3 is 10.6 Å². The van der Waals surface area contributed by atoms with E-state index in [1.165, 1.54) is 6.07 Å². The van der Waals surface area contributed by atoms with Crippen molar-refractivity contribution in [2.24, 2.45) is 0 Å². The molecular weight excluding hydrogens is 360 g/mol. The molecule has 0 radical (unpaired) electrons. The molecule has 1 aliphatic carbocycles. The Kier molecular flexibility index (Phi) is 4.75. The molecule has 1 aliphatic rings. The summed E-state index contributed by atoms with van der Waals surface area (Å²) in [5, 5.41) is 6.33. The van der Waals surface area contributed by atoms with Crippen LogP contribution in [0.3, 0.4) is 0 Å². The van der Waals surface area contributed by atoms with Crippen molar-refractivity contribution in [1.82, 2.24) is 5.32 Å². The molecule has 0 spiro atoms. The van der Waals surface area contributed by atoms with E-state index in [0.29, 0.717) is 16.3 Å². The molecule has 0 saturated carbocycles. The summed E-state index contributed by atoms with van der Waals surface area (Å²) in [4.78, 5) is 12.5. The van der Waals surface area contributed by atoms with Crippen molar-refractivity contribution in [3.05, 3.63) is 58.1 Å². The highest BCUT2D eigenvalue weighted by molar-refractivity contribution is 7.90. The van der Waals surface area contributed by atoms with Gasteiger partial charge in [0.2, 0.25) is 0 Å². The van der Waals surface area contributed by atoms with Gasteiger partial charge in [-0.1, -0.05) is 23.7 Å². The lowest BCUT2D eigenvalue weighted by Gasteiger charge is -2.15. The Balaban J connectivity index is 1.73. The smallest absolute Gasteiger partial charge is 0.319 e. The molecule has 3 rings (SSSR count). The molecule has 2 amide bonds. The zero-order chi connectivity index (χ0) is 18.2. The predicted molar refractivity (Wildman–Crippen MR) is 99.0 cm³/mol. The van der Waals surface area contributed by atoms with Crippen molar-refractivity contribution < 1.29 is 13.2 Å². The number of carbonyl (C=O) groups is 1. The topological polar surface area (TPSA) is 75.3 Å². The van der Waals surface area contributed by atoms with Crippen molar-refractivity contribution in [2.75, 3.05) is 11.6 Å². The monoisotopic (exact) mass is 378 g/mol. The number of hydrogen-bond acceptors (Lipinski definition) is 3. The number of urea groups is 1. The van der Waals surface area contributed by atoms with E-state index in [4.69, 9.17) is 11.6 Å². The Morgan fingerprint density at radius 1 is 1.20 bits per heavy atom. The van der Waals surface area contributed by atoms with Crippen molar-refractivity contribution in [3.63, 3.8) is 0 Å². The number of nitrogens with one attached hydrogen (secondary N) is 2. The molecule has 7 heteroatoms. The second-order valence-corrected chi connectivity index (χ2v) is 8.71. The maximum atomic E-state index is 12.3. The molecule has 2 N–H and O–H groups in total. The highest BCUT2D eigenvalue weighted by Crippen LogP contribution is 2.32. The number of hydrogen-bond donors (Lipinski definition) is 2. The average molecular weight is 379 g/mol. The van der Waals surface area contributed by atoms with E-state index in [2.05, 4.69) is 10.6 Å². The zero-order valence-corrected chi connectivity index (χ0v) is 15.5. The highest BCUT2D eigenvalue weighted by Gasteiger charge is 2.24. The van der Waals surface area contributed by atoms with E-state index < -0.39 is 9.84 Å². The first-order valence-electron chi connectivity index (χ1n) is 7.90. The molecule has 0 saturated heterocycles. The van der Waals surface area contributed by atoms with Crippen molar-refractivity contribution in [3.8, 4) is 0 Å². The lowest BCUT2D eigenvalue weighted by atomic mass is 10.1. The highest BCUT2D eigenvalue weighted by atomic mass is 35.5. The van der Waals surface area contributed by atoms with E-state index in [0.717, 1.165) is 30.2 Å². The number of benzene rings is 2. The molecule has 5 nitrogen and oxygen atoms in total. The van der Waals surface area contributed by atoms with Crippen LogP contribution in [0.5, 0.6) is 0 Å². The summed E-state index contributed by atoms with van der Waals surface area (Å²) in [7, 11) is -3.34. The summed E-state index contributed by atoms with van der Waals surface area (Å²) in [5.74, 6) is 0. The predicted octanol–water partition coefficient (Wildman–Crippen LogP) is 3.86. The molecule has 0 fully saturated rings. The molecule has 0 unspecified atom stereocenters. The standard InChI is InChI=1S/C18H19ClN2O3S/c1-11-3-6-14(10-17(11)25(2,23)24)20-18(22)21-16-8-4-12-9-13(19)5-7-15(12)16/h3,5-7,9-10,16H,4,8H2,1-2H3,(H2,20,21,22)/t16-/m1/s1. The van der Waals surface area contributed by atoms with Crippen LogP contribution in [0.2, 0.25) is 5.02 Å². The first-order chi connectivity index (χ1) is 11.7. The minimum Gasteiger partial charge on any atom is -0.331 e. The second-order valence-electron chi connectivity index (χ2n) is 6.29. The van der Waals surface area contributed by atoms with Gasteiger partial charge in [-0.3, -0.25) is 0 Å². The SMILES string of the molecule is Cc1ccc(NC(=O)N[C@@H]2CCc3cc(Cl)ccc32)cc1S(C)(=O)=O. The van der Waals surface area contributed by atoms with Crippen LogP contribution in [-0.2, 0) is 16.3 Å². The van der Waals surface area contributed by atoms with Gasteiger partial charge >= 0.3 is 6.03 Å². The van der Waals surface area contributed by atoms with Gasteiger partial charge in [0.05, 0.1) is 10.9 Å². The van der Waals surface area contributed by atoms with Gasteiger partial charge in [-0.15, -0.1) is 0 Å². The minimum absolute atomic E-state index is 0.0768. The number of amides is 2. The molecular formula is C18H19ClN2O3S. The molecule has 25 heavy (non-hydrogen) atoms. The maximum Gasteiger partial charge on any atom is 0.319 e. The van der Waals surface area contributed by atoms with Crippen LogP contribution in [0.25, 0.3) is 0 Å². The molecule has 2 aromatic rings. The maximum absolute atomic E-state index is 12.3. The van der Waals surface area contributed by atoms with Gasteiger partial charge in [0.1, 0.15) is 0 Å². The van der Waals surface area contributed by atoms with Gasteiger partial charge in [0.25, 0.3) is 0 Å². The minimum atomic E-state index is -3.34. The third kappa shape index (κ3) is 3.96. The van der Waals surface area contributed by atoms with Gasteiger partial charge in [0.15, 0.2) is 9.84 Å². The van der Waals surface area contributed by atoms with Gasteiger partial charge in [0, 0.05) is 17.0 Å². The van der Waals surface area contributed by atoms with Gasteiger partial charge in [-0.2, -0.15) is 0 Å². The van der Waals surface area contributed by atoms with Crippen molar-refractivity contribution >= 4 is 33.2 Å². The first kappa shape index (κ1) is 17.8. The van der Waals surface area contributed by atoms with Crippen molar-refractivity contribution in [1.29, 1.82) is 0 Å². The van der Waals surface area contributed by atoms with E-state index in [-0.39, 0.29) is 17.0 Å². The normalized spacial score (nSPS) is 16.4. The molecule has 1 atom stereocenters. The average Bonchev–Trinajstić information content (AvgIpc) is 2.90. The number of anilines is 1. The summed E-state index contributed by atoms with van der Waals surface area (Å²) in [6, 6.07) is 10.1. The number of sulfone groups is 1. The van der Waals surface area contributed by atoms with Gasteiger partial charge in [-0.25, -0.2) is 13.2 Å². The summed E-state index contributed by atoms with van der Waals surface area (Å²) < 4.78 is 23.6. The number of fused-ring (bicyclic) bond motifs is 1. The van der Waals surface area contributed by atoms with E-state index in [1.54, 1.807) is 19.1 Å². The second kappa shape index (κ2) is 6.69. The van der Waals surface area contributed by atoms with Crippen LogP contribution < -0.4 is 10.6 Å². The van der Waals surface area contributed by atoms with Crippen LogP contribution in [0.1, 0.15) is 29.2 Å². The van der Waals surface area contributed by atoms with Crippen LogP contribution >= 0.6 is 11.6 Å². The number of rotatable bonds is 3. The third-order valence-electron chi connectivity index (χ3n) is 4.33. The fourth-order valence-corrected chi connectivity index (χ4v) is 4.33. The van der Waals surface area contributed by atoms with E-state index in [1.807, 2.05) is 18.2 Å². The first-order valence-corrected chi connectivity index (χ1v) is 10.2. The Morgan fingerprint density at radius 2 is 1.96 bits per heavy atom. The largest absolute Gasteiger partial charge is 0.331 e. The summed E-state index contributed by atoms with van der Waals surface area (Å²) >= 11 is 6.00. The zero-order valence-electron chi connectivity index (χ0n) is 14.0. The van der Waals surface area contributed by atoms with Gasteiger partial charge in [-0.05, 0) is 60.7 Å². The summed E-state index contributed by atoms with van der Waals surface area (Å²) in [5.41, 5.74) is 3.31. The Labute approximate surface area is 152 Å². The van der Waals surface area contributed by atoms with Crippen molar-refractivity contribution in [2.45, 2.75) is 30.7 Å². The lowest BCUT2D eigenvalue weighted by molar-refractivity contribution is 0.248. The fourth-order valence-electron chi connectivity index (χ4n) is 3.14. The molecule has 132 valence electrons. The molecule has 0 bridgehead atoms. The van der Waals surface area contributed by atoms with Crippen LogP contribution in [0.4, 0.5) is 10.5 Å². The Bertz CT molecular complexity index is 941. The molecule has 0 heterocycles. The summed E-state index contributed by atoms with van der Waals surface area (Å²) in [6.45, 7) is 1.72. The summed E-state index contributed by atoms with van der Waals surface area (Å²) in [6.07, 6.45) is 2.83. The third-order valence-corrected chi connectivity index (χ3v) is 5.81. The van der Waals surface area contributed by atoms with Crippen LogP contribution in [0, 0.1) is 6.92 Å². The van der Waals surface area contributed by atoms with E-state index >= 15 is 0 Å².